The second-order valence-electron chi connectivity index (χ2n) is 8.70. The number of anilines is 2. The number of hydrogen-bond donors (Lipinski definition) is 2. The summed E-state index contributed by atoms with van der Waals surface area (Å²) in [5.41, 5.74) is -1.58. The second-order valence-corrected chi connectivity index (χ2v) is 8.70. The average molecular weight is 457 g/mol. The Hall–Kier alpha value is -3.05. The molecule has 2 aliphatic heterocycles. The summed E-state index contributed by atoms with van der Waals surface area (Å²) in [4.78, 5) is 42.3. The molecule has 0 radical (unpaired) electrons. The van der Waals surface area contributed by atoms with Gasteiger partial charge in [-0.05, 0) is 33.3 Å². The molecule has 0 aliphatic carbocycles. The number of amides is 3. The van der Waals surface area contributed by atoms with E-state index in [2.05, 4.69) is 15.6 Å². The lowest BCUT2D eigenvalue weighted by atomic mass is 10.1. The van der Waals surface area contributed by atoms with Crippen molar-refractivity contribution in [1.29, 1.82) is 0 Å². The standard InChI is InChI=1S/C20H26F3N5O4/c1-19(2,3)32-18(31)28-8-6-27(7-9-28)16-13(20(21,22)23)10-12(11-24-16)25-14-4-5-15(29)26-17(14)30/h10-11,14,25H,4-9H2,1-3H3,(H,26,29,30). The van der Waals surface area contributed by atoms with Gasteiger partial charge in [-0.25, -0.2) is 9.78 Å². The van der Waals surface area contributed by atoms with Gasteiger partial charge in [-0.3, -0.25) is 14.9 Å². The van der Waals surface area contributed by atoms with Gasteiger partial charge in [0.2, 0.25) is 11.8 Å². The van der Waals surface area contributed by atoms with E-state index in [1.54, 1.807) is 20.8 Å². The van der Waals surface area contributed by atoms with Crippen molar-refractivity contribution >= 4 is 29.4 Å². The topological polar surface area (TPSA) is 104 Å². The number of hydrogen-bond acceptors (Lipinski definition) is 7. The van der Waals surface area contributed by atoms with Crippen LogP contribution in [0.5, 0.6) is 0 Å². The molecule has 3 heterocycles. The third-order valence-corrected chi connectivity index (χ3v) is 4.98. The van der Waals surface area contributed by atoms with Crippen molar-refractivity contribution in [1.82, 2.24) is 15.2 Å². The number of carbonyl (C=O) groups is 3. The number of aromatic nitrogens is 1. The molecule has 3 amide bonds. The van der Waals surface area contributed by atoms with Crippen molar-refractivity contribution in [2.45, 2.75) is 51.4 Å². The minimum absolute atomic E-state index is 0.0305. The van der Waals surface area contributed by atoms with Crippen LogP contribution in [0.1, 0.15) is 39.2 Å². The van der Waals surface area contributed by atoms with Gasteiger partial charge >= 0.3 is 12.3 Å². The zero-order valence-electron chi connectivity index (χ0n) is 18.1. The van der Waals surface area contributed by atoms with E-state index in [9.17, 15) is 27.6 Å². The van der Waals surface area contributed by atoms with E-state index < -0.39 is 41.3 Å². The zero-order chi connectivity index (χ0) is 23.7. The third kappa shape index (κ3) is 5.80. The first-order chi connectivity index (χ1) is 14.8. The van der Waals surface area contributed by atoms with Crippen LogP contribution >= 0.6 is 0 Å². The first-order valence-electron chi connectivity index (χ1n) is 10.2. The fourth-order valence-corrected chi connectivity index (χ4v) is 3.46. The highest BCUT2D eigenvalue weighted by atomic mass is 19.4. The second kappa shape index (κ2) is 8.83. The summed E-state index contributed by atoms with van der Waals surface area (Å²) in [5, 5.41) is 4.87. The lowest BCUT2D eigenvalue weighted by Crippen LogP contribution is -2.50. The van der Waals surface area contributed by atoms with Crippen LogP contribution in [0.25, 0.3) is 0 Å². The fourth-order valence-electron chi connectivity index (χ4n) is 3.46. The Morgan fingerprint density at radius 1 is 1.19 bits per heavy atom. The smallest absolute Gasteiger partial charge is 0.420 e. The number of nitrogens with zero attached hydrogens (tertiary/aromatic N) is 3. The van der Waals surface area contributed by atoms with E-state index in [0.717, 1.165) is 6.07 Å². The number of alkyl halides is 3. The summed E-state index contributed by atoms with van der Waals surface area (Å²) in [6, 6.07) is 0.0885. The average Bonchev–Trinajstić information content (AvgIpc) is 2.68. The van der Waals surface area contributed by atoms with Crippen molar-refractivity contribution in [2.24, 2.45) is 0 Å². The van der Waals surface area contributed by atoms with E-state index in [-0.39, 0.29) is 50.5 Å². The minimum atomic E-state index is -4.67. The van der Waals surface area contributed by atoms with Gasteiger partial charge in [-0.15, -0.1) is 0 Å². The van der Waals surface area contributed by atoms with E-state index in [1.807, 2.05) is 0 Å². The summed E-state index contributed by atoms with van der Waals surface area (Å²) in [6.07, 6.45) is -3.67. The molecule has 176 valence electrons. The predicted molar refractivity (Wildman–Crippen MR) is 109 cm³/mol. The molecule has 0 spiro atoms. The molecule has 1 atom stereocenters. The molecule has 0 aromatic carbocycles. The SMILES string of the molecule is CC(C)(C)OC(=O)N1CCN(c2ncc(NC3CCC(=O)NC3=O)cc2C(F)(F)F)CC1. The normalized spacial score (nSPS) is 20.1. The van der Waals surface area contributed by atoms with Crippen molar-refractivity contribution < 1.29 is 32.3 Å². The number of piperidine rings is 1. The van der Waals surface area contributed by atoms with Gasteiger partial charge in [0, 0.05) is 32.6 Å². The van der Waals surface area contributed by atoms with E-state index in [0.29, 0.717) is 0 Å². The first kappa shape index (κ1) is 23.6. The molecular weight excluding hydrogens is 431 g/mol. The van der Waals surface area contributed by atoms with Crippen molar-refractivity contribution in [3.05, 3.63) is 17.8 Å². The summed E-state index contributed by atoms with van der Waals surface area (Å²) < 4.78 is 46.6. The highest BCUT2D eigenvalue weighted by Gasteiger charge is 2.38. The number of rotatable bonds is 3. The molecule has 9 nitrogen and oxygen atoms in total. The van der Waals surface area contributed by atoms with E-state index >= 15 is 0 Å². The van der Waals surface area contributed by atoms with Crippen LogP contribution in [-0.4, -0.2) is 65.6 Å². The molecule has 12 heteroatoms. The molecule has 0 saturated carbocycles. The largest absolute Gasteiger partial charge is 0.444 e. The van der Waals surface area contributed by atoms with Gasteiger partial charge < -0.3 is 19.9 Å². The molecule has 2 fully saturated rings. The lowest BCUT2D eigenvalue weighted by Gasteiger charge is -2.37. The zero-order valence-corrected chi connectivity index (χ0v) is 18.1. The van der Waals surface area contributed by atoms with Crippen LogP contribution in [0.15, 0.2) is 12.3 Å². The summed E-state index contributed by atoms with van der Waals surface area (Å²) in [7, 11) is 0. The number of piperazine rings is 1. The highest BCUT2D eigenvalue weighted by molar-refractivity contribution is 6.01. The molecule has 1 unspecified atom stereocenters. The maximum absolute atomic E-state index is 13.8. The number of carbonyl (C=O) groups excluding carboxylic acids is 3. The third-order valence-electron chi connectivity index (χ3n) is 4.98. The summed E-state index contributed by atoms with van der Waals surface area (Å²) in [5.74, 6) is -1.24. The summed E-state index contributed by atoms with van der Waals surface area (Å²) >= 11 is 0. The minimum Gasteiger partial charge on any atom is -0.444 e. The highest BCUT2D eigenvalue weighted by Crippen LogP contribution is 2.37. The Morgan fingerprint density at radius 3 is 2.41 bits per heavy atom. The Morgan fingerprint density at radius 2 is 1.84 bits per heavy atom. The van der Waals surface area contributed by atoms with Gasteiger partial charge in [0.1, 0.15) is 23.0 Å². The first-order valence-corrected chi connectivity index (χ1v) is 10.2. The van der Waals surface area contributed by atoms with Crippen molar-refractivity contribution in [2.75, 3.05) is 36.4 Å². The molecular formula is C20H26F3N5O4. The van der Waals surface area contributed by atoms with Gasteiger partial charge in [-0.2, -0.15) is 13.2 Å². The van der Waals surface area contributed by atoms with Gasteiger partial charge in [0.05, 0.1) is 11.9 Å². The number of imide groups is 1. The lowest BCUT2D eigenvalue weighted by molar-refractivity contribution is -0.137. The fraction of sp³-hybridized carbons (Fsp3) is 0.600. The van der Waals surface area contributed by atoms with Gasteiger partial charge in [0.15, 0.2) is 0 Å². The maximum atomic E-state index is 13.8. The number of ether oxygens (including phenoxy) is 1. The van der Waals surface area contributed by atoms with Crippen LogP contribution in [0.4, 0.5) is 29.5 Å². The number of pyridine rings is 1. The van der Waals surface area contributed by atoms with E-state index in [4.69, 9.17) is 4.74 Å². The summed E-state index contributed by atoms with van der Waals surface area (Å²) in [6.45, 7) is 5.94. The van der Waals surface area contributed by atoms with Crippen LogP contribution in [0, 0.1) is 0 Å². The van der Waals surface area contributed by atoms with Gasteiger partial charge in [-0.1, -0.05) is 0 Å². The van der Waals surface area contributed by atoms with Crippen molar-refractivity contribution in [3.8, 4) is 0 Å². The molecule has 2 saturated heterocycles. The Kier molecular flexibility index (Phi) is 6.51. The molecule has 32 heavy (non-hydrogen) atoms. The van der Waals surface area contributed by atoms with Gasteiger partial charge in [0.25, 0.3) is 0 Å². The maximum Gasteiger partial charge on any atom is 0.420 e. The molecule has 2 aliphatic rings. The molecule has 1 aromatic heterocycles. The Bertz CT molecular complexity index is 892. The van der Waals surface area contributed by atoms with E-state index in [1.165, 1.54) is 16.0 Å². The number of nitrogens with one attached hydrogen (secondary N) is 2. The van der Waals surface area contributed by atoms with Crippen LogP contribution in [0.2, 0.25) is 0 Å². The molecule has 0 bridgehead atoms. The molecule has 2 N–H and O–H groups in total. The Labute approximate surface area is 183 Å². The molecule has 1 aromatic rings. The Balaban J connectivity index is 1.72. The predicted octanol–water partition coefficient (Wildman–Crippen LogP) is 2.37. The number of halogens is 3. The molecule has 3 rings (SSSR count). The van der Waals surface area contributed by atoms with Crippen molar-refractivity contribution in [3.63, 3.8) is 0 Å². The quantitative estimate of drug-likeness (QED) is 0.672. The van der Waals surface area contributed by atoms with Crippen LogP contribution in [-0.2, 0) is 20.5 Å². The van der Waals surface area contributed by atoms with Crippen LogP contribution < -0.4 is 15.5 Å². The monoisotopic (exact) mass is 457 g/mol. The van der Waals surface area contributed by atoms with Crippen LogP contribution in [0.3, 0.4) is 0 Å².